The maximum Gasteiger partial charge on any atom is 0.310 e. The maximum absolute atomic E-state index is 11.7. The summed E-state index contributed by atoms with van der Waals surface area (Å²) < 4.78 is 9.92. The molecule has 1 heterocycles. The first kappa shape index (κ1) is 18.8. The summed E-state index contributed by atoms with van der Waals surface area (Å²) in [5, 5.41) is 2.18. The van der Waals surface area contributed by atoms with Crippen molar-refractivity contribution in [1.82, 2.24) is 10.2 Å². The van der Waals surface area contributed by atoms with Crippen molar-refractivity contribution in [2.24, 2.45) is 0 Å². The summed E-state index contributed by atoms with van der Waals surface area (Å²) in [4.78, 5) is 47.2. The molecular formula is C16H18N2O6S. The predicted molar refractivity (Wildman–Crippen MR) is 90.2 cm³/mol. The van der Waals surface area contributed by atoms with Gasteiger partial charge in [-0.25, -0.2) is 0 Å². The fourth-order valence-electron chi connectivity index (χ4n) is 2.06. The zero-order valence-corrected chi connectivity index (χ0v) is 14.5. The van der Waals surface area contributed by atoms with E-state index >= 15 is 0 Å². The van der Waals surface area contributed by atoms with Crippen molar-refractivity contribution in [3.63, 3.8) is 0 Å². The van der Waals surface area contributed by atoms with Gasteiger partial charge in [-0.3, -0.25) is 24.1 Å². The van der Waals surface area contributed by atoms with E-state index in [0.717, 1.165) is 22.2 Å². The Bertz CT molecular complexity index is 645. The van der Waals surface area contributed by atoms with Gasteiger partial charge < -0.3 is 14.8 Å². The van der Waals surface area contributed by atoms with Crippen LogP contribution in [0.2, 0.25) is 0 Å². The molecule has 0 aliphatic carbocycles. The predicted octanol–water partition coefficient (Wildman–Crippen LogP) is 0.592. The maximum atomic E-state index is 11.7. The number of benzene rings is 1. The summed E-state index contributed by atoms with van der Waals surface area (Å²) in [7, 11) is 1.55. The second-order valence-electron chi connectivity index (χ2n) is 5.14. The van der Waals surface area contributed by atoms with Crippen LogP contribution in [0.3, 0.4) is 0 Å². The molecule has 8 nitrogen and oxygen atoms in total. The Morgan fingerprint density at radius 1 is 1.24 bits per heavy atom. The summed E-state index contributed by atoms with van der Waals surface area (Å²) >= 11 is 0.937. The SMILES string of the molecule is COc1ccc(CC(=O)OCC(=O)NCCN2C(=O)CSC2=O)cc1. The standard InChI is InChI=1S/C16H18N2O6S/c1-23-12-4-2-11(3-5-12)8-15(21)24-9-13(19)17-6-7-18-14(20)10-25-16(18)22/h2-5H,6-10H2,1H3,(H,17,19). The Morgan fingerprint density at radius 3 is 2.56 bits per heavy atom. The molecule has 0 spiro atoms. The molecule has 0 radical (unpaired) electrons. The van der Waals surface area contributed by atoms with Crippen LogP contribution < -0.4 is 10.1 Å². The smallest absolute Gasteiger partial charge is 0.310 e. The number of carbonyl (C=O) groups excluding carboxylic acids is 4. The highest BCUT2D eigenvalue weighted by Crippen LogP contribution is 2.17. The van der Waals surface area contributed by atoms with E-state index in [1.807, 2.05) is 0 Å². The van der Waals surface area contributed by atoms with Crippen molar-refractivity contribution < 1.29 is 28.7 Å². The van der Waals surface area contributed by atoms with Crippen molar-refractivity contribution in [1.29, 1.82) is 0 Å². The van der Waals surface area contributed by atoms with Gasteiger partial charge in [0.1, 0.15) is 5.75 Å². The number of thioether (sulfide) groups is 1. The van der Waals surface area contributed by atoms with Gasteiger partial charge in [0.25, 0.3) is 11.1 Å². The van der Waals surface area contributed by atoms with E-state index in [1.54, 1.807) is 31.4 Å². The summed E-state index contributed by atoms with van der Waals surface area (Å²) in [6.07, 6.45) is 0.0469. The minimum absolute atomic E-state index is 0.0469. The Hall–Kier alpha value is -2.55. The van der Waals surface area contributed by atoms with Crippen molar-refractivity contribution in [2.45, 2.75) is 6.42 Å². The van der Waals surface area contributed by atoms with Crippen molar-refractivity contribution >= 4 is 34.8 Å². The Balaban J connectivity index is 1.64. The van der Waals surface area contributed by atoms with Crippen LogP contribution in [0.25, 0.3) is 0 Å². The first-order chi connectivity index (χ1) is 12.0. The van der Waals surface area contributed by atoms with E-state index in [2.05, 4.69) is 5.32 Å². The van der Waals surface area contributed by atoms with Crippen LogP contribution in [0.5, 0.6) is 5.75 Å². The molecule has 25 heavy (non-hydrogen) atoms. The fourth-order valence-corrected chi connectivity index (χ4v) is 2.81. The Labute approximate surface area is 148 Å². The number of nitrogens with zero attached hydrogens (tertiary/aromatic N) is 1. The molecule has 3 amide bonds. The molecule has 1 aromatic rings. The quantitative estimate of drug-likeness (QED) is 0.672. The normalized spacial score (nSPS) is 13.7. The molecule has 1 aliphatic rings. The van der Waals surface area contributed by atoms with Crippen LogP contribution in [-0.4, -0.2) is 60.5 Å². The molecule has 0 bridgehead atoms. The minimum Gasteiger partial charge on any atom is -0.497 e. The van der Waals surface area contributed by atoms with E-state index in [-0.39, 0.29) is 36.4 Å². The molecule has 0 aromatic heterocycles. The summed E-state index contributed by atoms with van der Waals surface area (Å²) in [5.41, 5.74) is 0.745. The van der Waals surface area contributed by atoms with Gasteiger partial charge in [0.05, 0.1) is 19.3 Å². The molecular weight excluding hydrogens is 348 g/mol. The topological polar surface area (TPSA) is 102 Å². The van der Waals surface area contributed by atoms with Crippen molar-refractivity contribution in [3.8, 4) is 5.75 Å². The van der Waals surface area contributed by atoms with E-state index in [4.69, 9.17) is 9.47 Å². The molecule has 2 rings (SSSR count). The van der Waals surface area contributed by atoms with Gasteiger partial charge in [0.2, 0.25) is 5.91 Å². The first-order valence-corrected chi connectivity index (χ1v) is 8.50. The lowest BCUT2D eigenvalue weighted by molar-refractivity contribution is -0.147. The third-order valence-electron chi connectivity index (χ3n) is 3.37. The number of hydrogen-bond donors (Lipinski definition) is 1. The molecule has 1 N–H and O–H groups in total. The van der Waals surface area contributed by atoms with Gasteiger partial charge >= 0.3 is 5.97 Å². The van der Waals surface area contributed by atoms with Crippen molar-refractivity contribution in [2.75, 3.05) is 32.6 Å². The highest BCUT2D eigenvalue weighted by Gasteiger charge is 2.29. The molecule has 134 valence electrons. The summed E-state index contributed by atoms with van der Waals surface area (Å²) in [6.45, 7) is -0.186. The fraction of sp³-hybridized carbons (Fsp3) is 0.375. The molecule has 1 fully saturated rings. The number of ether oxygens (including phenoxy) is 2. The number of esters is 1. The highest BCUT2D eigenvalue weighted by atomic mass is 32.2. The lowest BCUT2D eigenvalue weighted by Crippen LogP contribution is -2.38. The highest BCUT2D eigenvalue weighted by molar-refractivity contribution is 8.14. The van der Waals surface area contributed by atoms with E-state index in [0.29, 0.717) is 5.75 Å². The zero-order valence-electron chi connectivity index (χ0n) is 13.6. The number of rotatable bonds is 8. The Kier molecular flexibility index (Phi) is 6.81. The number of carbonyl (C=O) groups is 4. The molecule has 9 heteroatoms. The van der Waals surface area contributed by atoms with E-state index in [1.165, 1.54) is 0 Å². The number of nitrogens with one attached hydrogen (secondary N) is 1. The van der Waals surface area contributed by atoms with E-state index < -0.39 is 18.5 Å². The lowest BCUT2D eigenvalue weighted by Gasteiger charge is -2.13. The minimum atomic E-state index is -0.526. The van der Waals surface area contributed by atoms with Gasteiger partial charge in [-0.15, -0.1) is 0 Å². The monoisotopic (exact) mass is 366 g/mol. The molecule has 0 saturated carbocycles. The van der Waals surface area contributed by atoms with Crippen LogP contribution in [-0.2, 0) is 25.5 Å². The molecule has 0 unspecified atom stereocenters. The van der Waals surface area contributed by atoms with Crippen LogP contribution in [0, 0.1) is 0 Å². The van der Waals surface area contributed by atoms with Crippen LogP contribution in [0.1, 0.15) is 5.56 Å². The Morgan fingerprint density at radius 2 is 1.96 bits per heavy atom. The first-order valence-electron chi connectivity index (χ1n) is 7.52. The van der Waals surface area contributed by atoms with E-state index in [9.17, 15) is 19.2 Å². The van der Waals surface area contributed by atoms with Crippen LogP contribution in [0.4, 0.5) is 4.79 Å². The number of hydrogen-bond acceptors (Lipinski definition) is 7. The average Bonchev–Trinajstić information content (AvgIpc) is 2.92. The zero-order chi connectivity index (χ0) is 18.2. The molecule has 1 aliphatic heterocycles. The second-order valence-corrected chi connectivity index (χ2v) is 6.06. The van der Waals surface area contributed by atoms with Crippen molar-refractivity contribution in [3.05, 3.63) is 29.8 Å². The largest absolute Gasteiger partial charge is 0.497 e. The number of imide groups is 1. The summed E-state index contributed by atoms with van der Waals surface area (Å²) in [5.74, 6) is -0.466. The van der Waals surface area contributed by atoms with Gasteiger partial charge in [-0.2, -0.15) is 0 Å². The third kappa shape index (κ3) is 5.79. The second kappa shape index (κ2) is 9.07. The number of methoxy groups -OCH3 is 1. The average molecular weight is 366 g/mol. The molecule has 1 saturated heterocycles. The molecule has 0 atom stereocenters. The van der Waals surface area contributed by atoms with Gasteiger partial charge in [0, 0.05) is 13.1 Å². The summed E-state index contributed by atoms with van der Waals surface area (Å²) in [6, 6.07) is 6.94. The van der Waals surface area contributed by atoms with Crippen LogP contribution >= 0.6 is 11.8 Å². The lowest BCUT2D eigenvalue weighted by atomic mass is 10.1. The van der Waals surface area contributed by atoms with Gasteiger partial charge in [-0.1, -0.05) is 23.9 Å². The van der Waals surface area contributed by atoms with Crippen LogP contribution in [0.15, 0.2) is 24.3 Å². The molecule has 1 aromatic carbocycles. The van der Waals surface area contributed by atoms with Gasteiger partial charge in [0.15, 0.2) is 6.61 Å². The van der Waals surface area contributed by atoms with Gasteiger partial charge in [-0.05, 0) is 17.7 Å². The third-order valence-corrected chi connectivity index (χ3v) is 4.23. The number of amides is 3.